The summed E-state index contributed by atoms with van der Waals surface area (Å²) in [6.07, 6.45) is 5.24. The highest BCUT2D eigenvalue weighted by atomic mass is 79.9. The zero-order valence-corrected chi connectivity index (χ0v) is 12.6. The molecule has 1 aliphatic carbocycles. The van der Waals surface area contributed by atoms with Gasteiger partial charge in [0.2, 0.25) is 0 Å². The highest BCUT2D eigenvalue weighted by Gasteiger charge is 2.22. The van der Waals surface area contributed by atoms with Crippen LogP contribution in [0, 0.1) is 16.0 Å². The van der Waals surface area contributed by atoms with E-state index in [4.69, 9.17) is 4.74 Å². The molecule has 0 heterocycles. The number of carbonyl (C=O) groups is 1. The molecule has 0 amide bonds. The van der Waals surface area contributed by atoms with Crippen LogP contribution in [0.3, 0.4) is 0 Å². The third kappa shape index (κ3) is 3.79. The third-order valence-electron chi connectivity index (χ3n) is 3.56. The van der Waals surface area contributed by atoms with Gasteiger partial charge in [-0.15, -0.1) is 0 Å². The van der Waals surface area contributed by atoms with Crippen LogP contribution in [0.2, 0.25) is 0 Å². The average molecular weight is 342 g/mol. The molecular weight excluding hydrogens is 326 g/mol. The standard InChI is InChI=1S/C14H16BrNO4/c15-12-7-6-11(16(18)19)8-14(12)20-9-13(17)10-4-2-1-3-5-10/h6-8,10H,1-5,9H2. The lowest BCUT2D eigenvalue weighted by Gasteiger charge is -2.20. The van der Waals surface area contributed by atoms with Crippen LogP contribution in [0.1, 0.15) is 32.1 Å². The summed E-state index contributed by atoms with van der Waals surface area (Å²) >= 11 is 3.27. The van der Waals surface area contributed by atoms with Crippen molar-refractivity contribution < 1.29 is 14.5 Å². The molecule has 6 heteroatoms. The van der Waals surface area contributed by atoms with Crippen molar-refractivity contribution in [2.24, 2.45) is 5.92 Å². The first kappa shape index (κ1) is 15.0. The number of nitrogens with zero attached hydrogens (tertiary/aromatic N) is 1. The number of ether oxygens (including phenoxy) is 1. The number of hydrogen-bond donors (Lipinski definition) is 0. The molecule has 108 valence electrons. The summed E-state index contributed by atoms with van der Waals surface area (Å²) in [5, 5.41) is 10.7. The Bertz CT molecular complexity index is 512. The molecule has 0 bridgehead atoms. The van der Waals surface area contributed by atoms with Crippen LogP contribution < -0.4 is 4.74 Å². The first-order valence-electron chi connectivity index (χ1n) is 6.67. The fourth-order valence-electron chi connectivity index (χ4n) is 2.41. The smallest absolute Gasteiger partial charge is 0.273 e. The molecule has 1 saturated carbocycles. The lowest BCUT2D eigenvalue weighted by molar-refractivity contribution is -0.385. The first-order chi connectivity index (χ1) is 9.58. The molecule has 1 fully saturated rings. The topological polar surface area (TPSA) is 69.4 Å². The lowest BCUT2D eigenvalue weighted by Crippen LogP contribution is -2.23. The highest BCUT2D eigenvalue weighted by Crippen LogP contribution is 2.30. The maximum atomic E-state index is 12.0. The van der Waals surface area contributed by atoms with Gasteiger partial charge in [0, 0.05) is 12.0 Å². The van der Waals surface area contributed by atoms with Gasteiger partial charge in [0.15, 0.2) is 5.78 Å². The van der Waals surface area contributed by atoms with E-state index in [9.17, 15) is 14.9 Å². The zero-order chi connectivity index (χ0) is 14.5. The number of non-ortho nitro benzene ring substituents is 1. The summed E-state index contributed by atoms with van der Waals surface area (Å²) in [6.45, 7) is -0.0234. The molecule has 0 N–H and O–H groups in total. The minimum Gasteiger partial charge on any atom is -0.484 e. The van der Waals surface area contributed by atoms with Crippen molar-refractivity contribution in [2.75, 3.05) is 6.61 Å². The van der Waals surface area contributed by atoms with Gasteiger partial charge in [-0.3, -0.25) is 14.9 Å². The Labute approximate surface area is 125 Å². The number of nitro benzene ring substituents is 1. The van der Waals surface area contributed by atoms with Crippen LogP contribution in [-0.2, 0) is 4.79 Å². The second-order valence-electron chi connectivity index (χ2n) is 4.96. The van der Waals surface area contributed by atoms with E-state index in [1.165, 1.54) is 18.6 Å². The van der Waals surface area contributed by atoms with E-state index < -0.39 is 4.92 Å². The van der Waals surface area contributed by atoms with Gasteiger partial charge in [-0.1, -0.05) is 19.3 Å². The number of benzene rings is 1. The summed E-state index contributed by atoms with van der Waals surface area (Å²) in [6, 6.07) is 4.27. The van der Waals surface area contributed by atoms with Gasteiger partial charge in [0.1, 0.15) is 12.4 Å². The maximum absolute atomic E-state index is 12.0. The number of halogens is 1. The highest BCUT2D eigenvalue weighted by molar-refractivity contribution is 9.10. The molecular formula is C14H16BrNO4. The number of hydrogen-bond acceptors (Lipinski definition) is 4. The van der Waals surface area contributed by atoms with Gasteiger partial charge in [0.25, 0.3) is 5.69 Å². The van der Waals surface area contributed by atoms with Crippen molar-refractivity contribution in [3.05, 3.63) is 32.8 Å². The van der Waals surface area contributed by atoms with E-state index in [1.807, 2.05) is 0 Å². The van der Waals surface area contributed by atoms with Crippen LogP contribution in [0.4, 0.5) is 5.69 Å². The Kier molecular flexibility index (Phi) is 5.11. The molecule has 0 aliphatic heterocycles. The van der Waals surface area contributed by atoms with Crippen LogP contribution in [0.25, 0.3) is 0 Å². The third-order valence-corrected chi connectivity index (χ3v) is 4.21. The van der Waals surface area contributed by atoms with Crippen LogP contribution in [0.5, 0.6) is 5.75 Å². The Morgan fingerprint density at radius 3 is 2.70 bits per heavy atom. The molecule has 1 aromatic carbocycles. The largest absolute Gasteiger partial charge is 0.484 e. The number of nitro groups is 1. The predicted molar refractivity (Wildman–Crippen MR) is 77.9 cm³/mol. The Morgan fingerprint density at radius 2 is 2.05 bits per heavy atom. The van der Waals surface area contributed by atoms with Gasteiger partial charge in [-0.2, -0.15) is 0 Å². The molecule has 2 rings (SSSR count). The molecule has 20 heavy (non-hydrogen) atoms. The zero-order valence-electron chi connectivity index (χ0n) is 11.0. The molecule has 1 aliphatic rings. The molecule has 0 atom stereocenters. The quantitative estimate of drug-likeness (QED) is 0.601. The fourth-order valence-corrected chi connectivity index (χ4v) is 2.77. The van der Waals surface area contributed by atoms with Crippen molar-refractivity contribution in [3.8, 4) is 5.75 Å². The maximum Gasteiger partial charge on any atom is 0.273 e. The Balaban J connectivity index is 1.97. The SMILES string of the molecule is O=C(COc1cc([N+](=O)[O-])ccc1Br)C1CCCCC1. The summed E-state index contributed by atoms with van der Waals surface area (Å²) in [4.78, 5) is 22.3. The van der Waals surface area contributed by atoms with E-state index in [2.05, 4.69) is 15.9 Å². The van der Waals surface area contributed by atoms with Crippen molar-refractivity contribution in [1.82, 2.24) is 0 Å². The average Bonchev–Trinajstić information content (AvgIpc) is 2.46. The van der Waals surface area contributed by atoms with Gasteiger partial charge >= 0.3 is 0 Å². The van der Waals surface area contributed by atoms with Crippen molar-refractivity contribution in [1.29, 1.82) is 0 Å². The number of carbonyl (C=O) groups excluding carboxylic acids is 1. The minimum absolute atomic E-state index is 0.0234. The minimum atomic E-state index is -0.484. The number of Topliss-reactive ketones (excluding diaryl/α,β-unsaturated/α-hetero) is 1. The van der Waals surface area contributed by atoms with E-state index in [0.717, 1.165) is 25.7 Å². The monoisotopic (exact) mass is 341 g/mol. The second kappa shape index (κ2) is 6.83. The van der Waals surface area contributed by atoms with Gasteiger partial charge in [-0.25, -0.2) is 0 Å². The van der Waals surface area contributed by atoms with E-state index in [-0.39, 0.29) is 24.0 Å². The Morgan fingerprint density at radius 1 is 1.35 bits per heavy atom. The van der Waals surface area contributed by atoms with E-state index in [0.29, 0.717) is 10.2 Å². The fraction of sp³-hybridized carbons (Fsp3) is 0.500. The Hall–Kier alpha value is -1.43. The van der Waals surface area contributed by atoms with Crippen LogP contribution in [-0.4, -0.2) is 17.3 Å². The van der Waals surface area contributed by atoms with Crippen LogP contribution >= 0.6 is 15.9 Å². The van der Waals surface area contributed by atoms with Gasteiger partial charge < -0.3 is 4.74 Å². The second-order valence-corrected chi connectivity index (χ2v) is 5.82. The molecule has 0 saturated heterocycles. The van der Waals surface area contributed by atoms with E-state index >= 15 is 0 Å². The van der Waals surface area contributed by atoms with Crippen molar-refractivity contribution in [3.63, 3.8) is 0 Å². The van der Waals surface area contributed by atoms with Crippen LogP contribution in [0.15, 0.2) is 22.7 Å². The normalized spacial score (nSPS) is 15.8. The molecule has 0 aromatic heterocycles. The summed E-state index contributed by atoms with van der Waals surface area (Å²) in [7, 11) is 0. The van der Waals surface area contributed by atoms with Crippen molar-refractivity contribution >= 4 is 27.4 Å². The number of ketones is 1. The predicted octanol–water partition coefficient (Wildman–Crippen LogP) is 3.89. The molecule has 0 spiro atoms. The lowest BCUT2D eigenvalue weighted by atomic mass is 9.86. The molecule has 5 nitrogen and oxygen atoms in total. The van der Waals surface area contributed by atoms with E-state index in [1.54, 1.807) is 6.07 Å². The summed E-state index contributed by atoms with van der Waals surface area (Å²) in [5.74, 6) is 0.507. The van der Waals surface area contributed by atoms with Crippen molar-refractivity contribution in [2.45, 2.75) is 32.1 Å². The van der Waals surface area contributed by atoms with Gasteiger partial charge in [-0.05, 0) is 34.8 Å². The first-order valence-corrected chi connectivity index (χ1v) is 7.46. The molecule has 0 unspecified atom stereocenters. The summed E-state index contributed by atoms with van der Waals surface area (Å²) in [5.41, 5.74) is -0.0479. The number of rotatable bonds is 5. The van der Waals surface area contributed by atoms with Gasteiger partial charge in [0.05, 0.1) is 15.5 Å². The summed E-state index contributed by atoms with van der Waals surface area (Å²) < 4.78 is 6.05. The molecule has 1 aromatic rings. The molecule has 0 radical (unpaired) electrons.